The molecule has 2 aromatic rings. The summed E-state index contributed by atoms with van der Waals surface area (Å²) in [6.07, 6.45) is 2.66. The number of aliphatic carboxylic acids is 1. The van der Waals surface area contributed by atoms with E-state index < -0.39 is 27.7 Å². The highest BCUT2D eigenvalue weighted by Crippen LogP contribution is 2.36. The molecule has 0 radical (unpaired) electrons. The summed E-state index contributed by atoms with van der Waals surface area (Å²) in [5.41, 5.74) is 0.148. The number of carbonyl (C=O) groups excluding carboxylic acids is 1. The third-order valence-corrected chi connectivity index (χ3v) is 5.73. The van der Waals surface area contributed by atoms with Crippen molar-refractivity contribution in [3.63, 3.8) is 0 Å². The van der Waals surface area contributed by atoms with Crippen molar-refractivity contribution in [2.75, 3.05) is 7.05 Å². The minimum Gasteiger partial charge on any atom is -0.476 e. The molecule has 0 aromatic heterocycles. The average Bonchev–Trinajstić information content (AvgIpc) is 2.65. The summed E-state index contributed by atoms with van der Waals surface area (Å²) in [4.78, 5) is 23.8. The van der Waals surface area contributed by atoms with Crippen LogP contribution < -0.4 is 0 Å². The van der Waals surface area contributed by atoms with Gasteiger partial charge in [-0.05, 0) is 23.8 Å². The van der Waals surface area contributed by atoms with E-state index in [1.165, 1.54) is 30.3 Å². The van der Waals surface area contributed by atoms with Crippen LogP contribution >= 0.6 is 0 Å². The third-order valence-electron chi connectivity index (χ3n) is 3.92. The van der Waals surface area contributed by atoms with Gasteiger partial charge in [0.15, 0.2) is 11.5 Å². The molecular formula is C19H15NO6S. The van der Waals surface area contributed by atoms with Crippen LogP contribution in [0.25, 0.3) is 11.8 Å². The van der Waals surface area contributed by atoms with Crippen LogP contribution in [0.4, 0.5) is 0 Å². The fourth-order valence-electron chi connectivity index (χ4n) is 2.62. The predicted octanol–water partition coefficient (Wildman–Crippen LogP) is 2.33. The number of carboxylic acid groups (broad SMARTS) is 1. The number of carbonyl (C=O) groups is 2. The summed E-state index contributed by atoms with van der Waals surface area (Å²) in [5, 5.41) is 9.48. The molecule has 0 atom stereocenters. The van der Waals surface area contributed by atoms with Crippen molar-refractivity contribution < 1.29 is 27.9 Å². The van der Waals surface area contributed by atoms with Crippen molar-refractivity contribution in [2.24, 2.45) is 0 Å². The zero-order chi connectivity index (χ0) is 19.6. The molecule has 0 unspecified atom stereocenters. The minimum atomic E-state index is -4.05. The third kappa shape index (κ3) is 3.47. The maximum Gasteiger partial charge on any atom is 0.357 e. The number of ether oxygens (including phenoxy) is 1. The molecule has 0 amide bonds. The molecule has 0 bridgehead atoms. The molecule has 1 heterocycles. The van der Waals surface area contributed by atoms with Crippen molar-refractivity contribution in [1.29, 1.82) is 0 Å². The molecular weight excluding hydrogens is 370 g/mol. The topological polar surface area (TPSA) is 101 Å². The van der Waals surface area contributed by atoms with Gasteiger partial charge in [0.1, 0.15) is 0 Å². The number of sulfonamides is 1. The van der Waals surface area contributed by atoms with E-state index in [0.29, 0.717) is 4.31 Å². The number of benzene rings is 2. The number of likely N-dealkylation sites (N-methyl/N-ethyl adjacent to an activating group) is 1. The second-order valence-electron chi connectivity index (χ2n) is 5.62. The lowest BCUT2D eigenvalue weighted by molar-refractivity contribution is -0.134. The average molecular weight is 385 g/mol. The summed E-state index contributed by atoms with van der Waals surface area (Å²) in [7, 11) is -2.95. The van der Waals surface area contributed by atoms with E-state index in [1.807, 2.05) is 6.07 Å². The monoisotopic (exact) mass is 385 g/mol. The maximum atomic E-state index is 12.5. The Morgan fingerprint density at radius 2 is 1.67 bits per heavy atom. The summed E-state index contributed by atoms with van der Waals surface area (Å²) < 4.78 is 30.9. The standard InChI is InChI=1S/C19H15NO6S/c1-20-17(19(22)23)18(14-9-5-6-10-15(14)27(20,24)25)26-16(21)12-11-13-7-3-2-4-8-13/h2-12H,1H3,(H,22,23)/b12-11+. The van der Waals surface area contributed by atoms with Gasteiger partial charge in [0.05, 0.1) is 4.90 Å². The lowest BCUT2D eigenvalue weighted by Crippen LogP contribution is -2.35. The summed E-state index contributed by atoms with van der Waals surface area (Å²) in [6, 6.07) is 14.7. The van der Waals surface area contributed by atoms with Gasteiger partial charge in [0, 0.05) is 18.7 Å². The van der Waals surface area contributed by atoms with Crippen molar-refractivity contribution in [3.05, 3.63) is 77.5 Å². The van der Waals surface area contributed by atoms with Gasteiger partial charge in [-0.25, -0.2) is 18.0 Å². The second-order valence-corrected chi connectivity index (χ2v) is 7.55. The molecule has 3 rings (SSSR count). The van der Waals surface area contributed by atoms with E-state index in [4.69, 9.17) is 4.74 Å². The first-order chi connectivity index (χ1) is 12.8. The SMILES string of the molecule is CN1C(C(=O)O)=C(OC(=O)/C=C/c2ccccc2)c2ccccc2S1(=O)=O. The first-order valence-corrected chi connectivity index (χ1v) is 9.27. The van der Waals surface area contributed by atoms with Gasteiger partial charge in [-0.1, -0.05) is 42.5 Å². The molecule has 1 aliphatic heterocycles. The number of carboxylic acids is 1. The number of hydrogen-bond donors (Lipinski definition) is 1. The summed E-state index contributed by atoms with van der Waals surface area (Å²) in [6.45, 7) is 0. The Morgan fingerprint density at radius 1 is 1.04 bits per heavy atom. The second kappa shape index (κ2) is 7.08. The molecule has 1 N–H and O–H groups in total. The van der Waals surface area contributed by atoms with E-state index >= 15 is 0 Å². The molecule has 7 nitrogen and oxygen atoms in total. The van der Waals surface area contributed by atoms with Crippen molar-refractivity contribution in [2.45, 2.75) is 4.90 Å². The van der Waals surface area contributed by atoms with Gasteiger partial charge >= 0.3 is 11.9 Å². The Morgan fingerprint density at radius 3 is 2.33 bits per heavy atom. The number of nitrogens with zero attached hydrogens (tertiary/aromatic N) is 1. The molecule has 27 heavy (non-hydrogen) atoms. The first-order valence-electron chi connectivity index (χ1n) is 7.83. The lowest BCUT2D eigenvalue weighted by Gasteiger charge is -2.28. The number of fused-ring (bicyclic) bond motifs is 1. The molecule has 138 valence electrons. The number of rotatable bonds is 4. The predicted molar refractivity (Wildman–Crippen MR) is 97.5 cm³/mol. The highest BCUT2D eigenvalue weighted by Gasteiger charge is 2.39. The van der Waals surface area contributed by atoms with Gasteiger partial charge in [0.2, 0.25) is 0 Å². The Labute approximate surface area is 155 Å². The van der Waals surface area contributed by atoms with E-state index in [0.717, 1.165) is 18.7 Å². The van der Waals surface area contributed by atoms with E-state index in [-0.39, 0.29) is 16.2 Å². The van der Waals surface area contributed by atoms with Gasteiger partial charge in [-0.2, -0.15) is 0 Å². The summed E-state index contributed by atoms with van der Waals surface area (Å²) >= 11 is 0. The molecule has 0 saturated carbocycles. The van der Waals surface area contributed by atoms with Gasteiger partial charge in [-0.15, -0.1) is 0 Å². The highest BCUT2D eigenvalue weighted by molar-refractivity contribution is 7.89. The normalized spacial score (nSPS) is 15.5. The molecule has 0 spiro atoms. The molecule has 0 aliphatic carbocycles. The Balaban J connectivity index is 2.03. The number of esters is 1. The quantitative estimate of drug-likeness (QED) is 0.640. The van der Waals surface area contributed by atoms with Crippen LogP contribution in [-0.4, -0.2) is 36.8 Å². The van der Waals surface area contributed by atoms with Crippen molar-refractivity contribution in [1.82, 2.24) is 4.31 Å². The molecule has 1 aliphatic rings. The maximum absolute atomic E-state index is 12.5. The Kier molecular flexibility index (Phi) is 4.83. The van der Waals surface area contributed by atoms with Crippen LogP contribution in [0.3, 0.4) is 0 Å². The van der Waals surface area contributed by atoms with Crippen LogP contribution in [0.5, 0.6) is 0 Å². The van der Waals surface area contributed by atoms with E-state index in [2.05, 4.69) is 0 Å². The fraction of sp³-hybridized carbons (Fsp3) is 0.0526. The van der Waals surface area contributed by atoms with Crippen LogP contribution in [0.2, 0.25) is 0 Å². The molecule has 8 heteroatoms. The van der Waals surface area contributed by atoms with Gasteiger partial charge in [0.25, 0.3) is 10.0 Å². The van der Waals surface area contributed by atoms with Crippen molar-refractivity contribution >= 4 is 33.8 Å². The van der Waals surface area contributed by atoms with Crippen LogP contribution in [-0.2, 0) is 24.3 Å². The Bertz CT molecular complexity index is 1070. The zero-order valence-electron chi connectivity index (χ0n) is 14.2. The van der Waals surface area contributed by atoms with Gasteiger partial charge in [-0.3, -0.25) is 4.31 Å². The van der Waals surface area contributed by atoms with Crippen LogP contribution in [0, 0.1) is 0 Å². The first kappa shape index (κ1) is 18.4. The van der Waals surface area contributed by atoms with Crippen molar-refractivity contribution in [3.8, 4) is 0 Å². The largest absolute Gasteiger partial charge is 0.476 e. The van der Waals surface area contributed by atoms with E-state index in [1.54, 1.807) is 24.3 Å². The van der Waals surface area contributed by atoms with E-state index in [9.17, 15) is 23.1 Å². The molecule has 2 aromatic carbocycles. The smallest absolute Gasteiger partial charge is 0.357 e. The lowest BCUT2D eigenvalue weighted by atomic mass is 10.1. The molecule has 0 fully saturated rings. The molecule has 0 saturated heterocycles. The fourth-order valence-corrected chi connectivity index (χ4v) is 4.00. The Hall–Kier alpha value is -3.39. The van der Waals surface area contributed by atoms with Crippen LogP contribution in [0.15, 0.2) is 71.3 Å². The van der Waals surface area contributed by atoms with Crippen LogP contribution in [0.1, 0.15) is 11.1 Å². The summed E-state index contributed by atoms with van der Waals surface area (Å²) in [5.74, 6) is -2.67. The van der Waals surface area contributed by atoms with Gasteiger partial charge < -0.3 is 9.84 Å². The zero-order valence-corrected chi connectivity index (χ0v) is 15.0. The highest BCUT2D eigenvalue weighted by atomic mass is 32.2. The number of hydrogen-bond acceptors (Lipinski definition) is 5. The minimum absolute atomic E-state index is 0.0226.